The topological polar surface area (TPSA) is 129 Å². The molecule has 0 saturated heterocycles. The number of ether oxygens (including phenoxy) is 1. The van der Waals surface area contributed by atoms with Crippen molar-refractivity contribution in [1.82, 2.24) is 14.6 Å². The molecule has 3 rings (SSSR count). The number of nitro groups is 1. The number of rotatable bonds is 5. The van der Waals surface area contributed by atoms with Gasteiger partial charge in [-0.25, -0.2) is 4.79 Å². The minimum atomic E-state index is -0.678. The monoisotopic (exact) mass is 433 g/mol. The van der Waals surface area contributed by atoms with Crippen molar-refractivity contribution in [2.45, 2.75) is 6.92 Å². The predicted molar refractivity (Wildman–Crippen MR) is 97.4 cm³/mol. The Bertz CT molecular complexity index is 1060. The third-order valence-corrected chi connectivity index (χ3v) is 4.24. The molecule has 1 N–H and O–H groups in total. The zero-order valence-electron chi connectivity index (χ0n) is 13.9. The Labute approximate surface area is 160 Å². The Hall–Kier alpha value is -3.34. The molecule has 3 aromatic rings. The predicted octanol–water partition coefficient (Wildman–Crippen LogP) is 2.50. The first kappa shape index (κ1) is 18.5. The lowest BCUT2D eigenvalue weighted by Gasteiger charge is -2.08. The molecule has 0 aliphatic carbocycles. The summed E-state index contributed by atoms with van der Waals surface area (Å²) in [6.45, 7) is 1.23. The van der Waals surface area contributed by atoms with Gasteiger partial charge in [0.05, 0.1) is 16.2 Å². The molecule has 1 amide bonds. The maximum absolute atomic E-state index is 12.1. The molecule has 0 unspecified atom stereocenters. The Morgan fingerprint density at radius 3 is 2.78 bits per heavy atom. The smallest absolute Gasteiger partial charge is 0.340 e. The molecule has 0 bridgehead atoms. The first-order valence-corrected chi connectivity index (χ1v) is 8.37. The number of aryl methyl sites for hydroxylation is 1. The summed E-state index contributed by atoms with van der Waals surface area (Å²) in [4.78, 5) is 34.3. The fraction of sp³-hybridized carbons (Fsp3) is 0.125. The van der Waals surface area contributed by atoms with E-state index in [2.05, 4.69) is 31.4 Å². The minimum Gasteiger partial charge on any atom is -0.452 e. The number of nitrogens with one attached hydrogen (secondary N) is 1. The first-order chi connectivity index (χ1) is 12.8. The molecule has 27 heavy (non-hydrogen) atoms. The number of amides is 1. The lowest BCUT2D eigenvalue weighted by molar-refractivity contribution is -0.384. The van der Waals surface area contributed by atoms with Gasteiger partial charge in [0.1, 0.15) is 5.82 Å². The summed E-state index contributed by atoms with van der Waals surface area (Å²) in [7, 11) is 0. The van der Waals surface area contributed by atoms with Crippen LogP contribution in [0.5, 0.6) is 0 Å². The molecular weight excluding hydrogens is 422 g/mol. The van der Waals surface area contributed by atoms with Gasteiger partial charge in [-0.15, -0.1) is 10.2 Å². The second kappa shape index (κ2) is 7.50. The summed E-state index contributed by atoms with van der Waals surface area (Å²) in [6, 6.07) is 7.04. The van der Waals surface area contributed by atoms with E-state index in [1.807, 2.05) is 0 Å². The van der Waals surface area contributed by atoms with Crippen LogP contribution in [0.4, 0.5) is 11.4 Å². The van der Waals surface area contributed by atoms with Gasteiger partial charge in [0.15, 0.2) is 12.3 Å². The van der Waals surface area contributed by atoms with Crippen LogP contribution in [-0.4, -0.2) is 38.0 Å². The number of hydrogen-bond donors (Lipinski definition) is 1. The van der Waals surface area contributed by atoms with E-state index in [0.29, 0.717) is 21.6 Å². The van der Waals surface area contributed by atoms with E-state index in [1.165, 1.54) is 30.5 Å². The Morgan fingerprint density at radius 2 is 2.07 bits per heavy atom. The number of aromatic nitrogens is 3. The number of pyridine rings is 1. The molecular formula is C16H12BrN5O5. The van der Waals surface area contributed by atoms with Crippen molar-refractivity contribution >= 4 is 44.8 Å². The summed E-state index contributed by atoms with van der Waals surface area (Å²) in [6.07, 6.45) is 1.53. The Morgan fingerprint density at radius 1 is 1.30 bits per heavy atom. The highest BCUT2D eigenvalue weighted by Crippen LogP contribution is 2.27. The highest BCUT2D eigenvalue weighted by molar-refractivity contribution is 9.10. The van der Waals surface area contributed by atoms with Gasteiger partial charge in [-0.2, -0.15) is 0 Å². The quantitative estimate of drug-likeness (QED) is 0.371. The number of hydrogen-bond acceptors (Lipinski definition) is 7. The van der Waals surface area contributed by atoms with Crippen LogP contribution in [-0.2, 0) is 9.53 Å². The van der Waals surface area contributed by atoms with Crippen LogP contribution in [0.15, 0.2) is 41.0 Å². The molecule has 2 aromatic heterocycles. The van der Waals surface area contributed by atoms with Crippen molar-refractivity contribution < 1.29 is 19.2 Å². The molecule has 0 radical (unpaired) electrons. The average molecular weight is 434 g/mol. The molecule has 138 valence electrons. The van der Waals surface area contributed by atoms with E-state index in [0.717, 1.165) is 0 Å². The van der Waals surface area contributed by atoms with E-state index < -0.39 is 23.4 Å². The number of fused-ring (bicyclic) bond motifs is 1. The summed E-state index contributed by atoms with van der Waals surface area (Å²) in [5.74, 6) is -0.650. The number of nitrogens with zero attached hydrogens (tertiary/aromatic N) is 4. The molecule has 0 atom stereocenters. The van der Waals surface area contributed by atoms with Crippen LogP contribution in [0.25, 0.3) is 5.65 Å². The van der Waals surface area contributed by atoms with Gasteiger partial charge in [-0.05, 0) is 41.1 Å². The summed E-state index contributed by atoms with van der Waals surface area (Å²) in [5, 5.41) is 21.0. The molecule has 0 saturated carbocycles. The van der Waals surface area contributed by atoms with Gasteiger partial charge in [0, 0.05) is 22.8 Å². The lowest BCUT2D eigenvalue weighted by Crippen LogP contribution is -2.21. The van der Waals surface area contributed by atoms with Gasteiger partial charge in [-0.3, -0.25) is 19.3 Å². The normalized spacial score (nSPS) is 10.6. The number of carbonyl (C=O) groups is 2. The Balaban J connectivity index is 1.62. The molecule has 0 aliphatic rings. The largest absolute Gasteiger partial charge is 0.452 e. The SMILES string of the molecule is Cc1nnc2ccc(C(=O)OCC(=O)Nc3ccc([N+](=O)[O-])cc3Br)cn12. The molecule has 2 heterocycles. The van der Waals surface area contributed by atoms with Gasteiger partial charge >= 0.3 is 5.97 Å². The molecule has 10 nitrogen and oxygen atoms in total. The van der Waals surface area contributed by atoms with Gasteiger partial charge < -0.3 is 10.1 Å². The van der Waals surface area contributed by atoms with Crippen molar-refractivity contribution in [3.8, 4) is 0 Å². The highest BCUT2D eigenvalue weighted by Gasteiger charge is 2.14. The molecule has 1 aromatic carbocycles. The van der Waals surface area contributed by atoms with E-state index >= 15 is 0 Å². The first-order valence-electron chi connectivity index (χ1n) is 7.57. The van der Waals surface area contributed by atoms with E-state index in [9.17, 15) is 19.7 Å². The number of nitro benzene ring substituents is 1. The zero-order valence-corrected chi connectivity index (χ0v) is 15.5. The van der Waals surface area contributed by atoms with Crippen LogP contribution in [0.3, 0.4) is 0 Å². The third kappa shape index (κ3) is 4.08. The van der Waals surface area contributed by atoms with Crippen molar-refractivity contribution in [3.05, 3.63) is 62.5 Å². The van der Waals surface area contributed by atoms with Crippen molar-refractivity contribution in [2.75, 3.05) is 11.9 Å². The maximum atomic E-state index is 12.1. The van der Waals surface area contributed by atoms with Crippen molar-refractivity contribution in [1.29, 1.82) is 0 Å². The summed E-state index contributed by atoms with van der Waals surface area (Å²) in [5.41, 5.74) is 1.04. The molecule has 0 fully saturated rings. The van der Waals surface area contributed by atoms with E-state index in [-0.39, 0.29) is 11.3 Å². The minimum absolute atomic E-state index is 0.119. The van der Waals surface area contributed by atoms with Gasteiger partial charge in [-0.1, -0.05) is 0 Å². The van der Waals surface area contributed by atoms with E-state index in [1.54, 1.807) is 17.4 Å². The molecule has 0 aliphatic heterocycles. The van der Waals surface area contributed by atoms with E-state index in [4.69, 9.17) is 4.74 Å². The number of non-ortho nitro benzene ring substituents is 1. The molecule has 11 heteroatoms. The van der Waals surface area contributed by atoms with Crippen molar-refractivity contribution in [2.24, 2.45) is 0 Å². The number of carbonyl (C=O) groups excluding carboxylic acids is 2. The number of benzene rings is 1. The zero-order chi connectivity index (χ0) is 19.6. The number of esters is 1. The maximum Gasteiger partial charge on any atom is 0.340 e. The standard InChI is InChI=1S/C16H12BrN5O5/c1-9-19-20-14-5-2-10(7-21(9)14)16(24)27-8-15(23)18-13-4-3-11(22(25)26)6-12(13)17/h2-7H,8H2,1H3,(H,18,23). The fourth-order valence-corrected chi connectivity index (χ4v) is 2.71. The van der Waals surface area contributed by atoms with Crippen molar-refractivity contribution in [3.63, 3.8) is 0 Å². The number of halogens is 1. The number of anilines is 1. The third-order valence-electron chi connectivity index (χ3n) is 3.58. The van der Waals surface area contributed by atoms with Gasteiger partial charge in [0.25, 0.3) is 11.6 Å². The molecule has 0 spiro atoms. The second-order valence-electron chi connectivity index (χ2n) is 5.44. The van der Waals surface area contributed by atoms with Gasteiger partial charge in [0.2, 0.25) is 0 Å². The summed E-state index contributed by atoms with van der Waals surface area (Å²) < 4.78 is 6.97. The van der Waals surface area contributed by atoms with Crippen LogP contribution in [0, 0.1) is 17.0 Å². The fourth-order valence-electron chi connectivity index (χ4n) is 2.25. The van der Waals surface area contributed by atoms with Crippen LogP contribution < -0.4 is 5.32 Å². The highest BCUT2D eigenvalue weighted by atomic mass is 79.9. The lowest BCUT2D eigenvalue weighted by atomic mass is 10.3. The average Bonchev–Trinajstić information content (AvgIpc) is 3.01. The summed E-state index contributed by atoms with van der Waals surface area (Å²) >= 11 is 3.15. The van der Waals surface area contributed by atoms with Crippen LogP contribution in [0.2, 0.25) is 0 Å². The van der Waals surface area contributed by atoms with Crippen LogP contribution in [0.1, 0.15) is 16.2 Å². The van der Waals surface area contributed by atoms with Crippen LogP contribution >= 0.6 is 15.9 Å². The Kier molecular flexibility index (Phi) is 5.12. The second-order valence-corrected chi connectivity index (χ2v) is 6.29.